The number of alkyl halides is 6. The van der Waals surface area contributed by atoms with E-state index >= 15 is 0 Å². The topological polar surface area (TPSA) is 52.6 Å². The van der Waals surface area contributed by atoms with E-state index in [1.54, 1.807) is 19.9 Å². The lowest BCUT2D eigenvalue weighted by Gasteiger charge is -2.31. The summed E-state index contributed by atoms with van der Waals surface area (Å²) in [6, 6.07) is 15.3. The summed E-state index contributed by atoms with van der Waals surface area (Å²) < 4.78 is 94.9. The number of ether oxygens (including phenoxy) is 2. The summed E-state index contributed by atoms with van der Waals surface area (Å²) in [7, 11) is 0. The van der Waals surface area contributed by atoms with Crippen molar-refractivity contribution in [1.29, 1.82) is 0 Å². The molecule has 0 heterocycles. The Morgan fingerprint density at radius 3 is 1.61 bits per heavy atom. The van der Waals surface area contributed by atoms with Crippen molar-refractivity contribution < 1.29 is 45.4 Å². The van der Waals surface area contributed by atoms with Gasteiger partial charge in [0, 0.05) is 17.7 Å². The second-order valence-corrected chi connectivity index (χ2v) is 8.84. The van der Waals surface area contributed by atoms with Gasteiger partial charge in [0.05, 0.1) is 11.1 Å². The second-order valence-electron chi connectivity index (χ2n) is 8.84. The summed E-state index contributed by atoms with van der Waals surface area (Å²) in [5, 5.41) is 0. The average molecular weight is 538 g/mol. The summed E-state index contributed by atoms with van der Waals surface area (Å²) in [6.45, 7) is 3.21. The third-order valence-corrected chi connectivity index (χ3v) is 5.48. The first-order chi connectivity index (χ1) is 17.8. The zero-order chi connectivity index (χ0) is 28.1. The number of hydrogen-bond donors (Lipinski definition) is 0. The molecule has 0 saturated heterocycles. The fourth-order valence-electron chi connectivity index (χ4n) is 3.81. The molecule has 0 unspecified atom stereocenters. The molecule has 3 aromatic rings. The van der Waals surface area contributed by atoms with Crippen LogP contribution in [0.3, 0.4) is 0 Å². The zero-order valence-corrected chi connectivity index (χ0v) is 20.3. The SMILES string of the molecule is CC(C)CO[C@@H](c1ccccc1C(F)(F)F)[C@H](OC(=O)C(=O)c1ccccc1)c1ccccc1C(F)(F)F. The van der Waals surface area contributed by atoms with Gasteiger partial charge in [-0.2, -0.15) is 26.3 Å². The maximum absolute atomic E-state index is 14.0. The summed E-state index contributed by atoms with van der Waals surface area (Å²) >= 11 is 0. The molecule has 10 heteroatoms. The van der Waals surface area contributed by atoms with E-state index in [1.165, 1.54) is 36.4 Å². The van der Waals surface area contributed by atoms with Gasteiger partial charge in [-0.25, -0.2) is 4.79 Å². The number of benzene rings is 3. The van der Waals surface area contributed by atoms with Crippen LogP contribution in [0, 0.1) is 5.92 Å². The third kappa shape index (κ3) is 7.00. The minimum atomic E-state index is -4.95. The lowest BCUT2D eigenvalue weighted by molar-refractivity contribution is -0.159. The lowest BCUT2D eigenvalue weighted by Crippen LogP contribution is -2.29. The molecule has 0 aromatic heterocycles. The quantitative estimate of drug-likeness (QED) is 0.122. The first kappa shape index (κ1) is 28.9. The van der Waals surface area contributed by atoms with Gasteiger partial charge in [0.1, 0.15) is 6.10 Å². The van der Waals surface area contributed by atoms with Crippen LogP contribution >= 0.6 is 0 Å². The molecule has 3 aromatic carbocycles. The molecule has 38 heavy (non-hydrogen) atoms. The molecule has 0 bridgehead atoms. The lowest BCUT2D eigenvalue weighted by atomic mass is 9.91. The molecule has 0 radical (unpaired) electrons. The number of halogens is 6. The van der Waals surface area contributed by atoms with Crippen LogP contribution in [0.25, 0.3) is 0 Å². The smallest absolute Gasteiger partial charge is 0.416 e. The normalized spacial score (nSPS) is 13.7. The van der Waals surface area contributed by atoms with Crippen molar-refractivity contribution in [2.24, 2.45) is 5.92 Å². The van der Waals surface area contributed by atoms with Gasteiger partial charge < -0.3 is 9.47 Å². The van der Waals surface area contributed by atoms with E-state index in [0.717, 1.165) is 30.3 Å². The van der Waals surface area contributed by atoms with Crippen LogP contribution in [-0.4, -0.2) is 18.4 Å². The average Bonchev–Trinajstić information content (AvgIpc) is 2.87. The molecule has 0 aliphatic rings. The highest BCUT2D eigenvalue weighted by Gasteiger charge is 2.43. The summed E-state index contributed by atoms with van der Waals surface area (Å²) in [5.41, 5.74) is -3.71. The molecule has 0 N–H and O–H groups in total. The Hall–Kier alpha value is -3.66. The molecule has 0 saturated carbocycles. The van der Waals surface area contributed by atoms with Gasteiger partial charge in [-0.3, -0.25) is 4.79 Å². The maximum Gasteiger partial charge on any atom is 0.416 e. The number of rotatable bonds is 9. The zero-order valence-electron chi connectivity index (χ0n) is 20.3. The Kier molecular flexibility index (Phi) is 8.98. The van der Waals surface area contributed by atoms with Crippen molar-refractivity contribution in [3.63, 3.8) is 0 Å². The maximum atomic E-state index is 14.0. The Labute approximate surface area is 215 Å². The van der Waals surface area contributed by atoms with Crippen LogP contribution in [0.2, 0.25) is 0 Å². The van der Waals surface area contributed by atoms with Gasteiger partial charge in [0.25, 0.3) is 5.78 Å². The molecule has 0 fully saturated rings. The molecule has 0 aliphatic heterocycles. The number of carbonyl (C=O) groups is 2. The van der Waals surface area contributed by atoms with E-state index < -0.39 is 58.6 Å². The summed E-state index contributed by atoms with van der Waals surface area (Å²) in [6.07, 6.45) is -13.7. The van der Waals surface area contributed by atoms with Crippen molar-refractivity contribution in [2.45, 2.75) is 38.4 Å². The highest BCUT2D eigenvalue weighted by atomic mass is 19.4. The Morgan fingerprint density at radius 1 is 0.684 bits per heavy atom. The largest absolute Gasteiger partial charge is 0.448 e. The van der Waals surface area contributed by atoms with Gasteiger partial charge >= 0.3 is 18.3 Å². The van der Waals surface area contributed by atoms with E-state index in [2.05, 4.69) is 0 Å². The van der Waals surface area contributed by atoms with E-state index in [0.29, 0.717) is 6.07 Å². The Bertz CT molecular complexity index is 1250. The van der Waals surface area contributed by atoms with Crippen molar-refractivity contribution >= 4 is 11.8 Å². The van der Waals surface area contributed by atoms with Crippen LogP contribution < -0.4 is 0 Å². The minimum absolute atomic E-state index is 0.101. The van der Waals surface area contributed by atoms with E-state index in [1.807, 2.05) is 0 Å². The van der Waals surface area contributed by atoms with Gasteiger partial charge in [0.15, 0.2) is 6.10 Å². The minimum Gasteiger partial charge on any atom is -0.448 e. The second kappa shape index (κ2) is 11.8. The first-order valence-electron chi connectivity index (χ1n) is 11.5. The van der Waals surface area contributed by atoms with Crippen LogP contribution in [0.15, 0.2) is 78.9 Å². The summed E-state index contributed by atoms with van der Waals surface area (Å²) in [4.78, 5) is 25.6. The number of hydrogen-bond acceptors (Lipinski definition) is 4. The Balaban J connectivity index is 2.22. The number of ketones is 1. The van der Waals surface area contributed by atoms with Crippen molar-refractivity contribution in [3.05, 3.63) is 107 Å². The molecule has 4 nitrogen and oxygen atoms in total. The van der Waals surface area contributed by atoms with Crippen molar-refractivity contribution in [1.82, 2.24) is 0 Å². The first-order valence-corrected chi connectivity index (χ1v) is 11.5. The van der Waals surface area contributed by atoms with Crippen molar-refractivity contribution in [3.8, 4) is 0 Å². The molecule has 0 aliphatic carbocycles. The molecule has 3 rings (SSSR count). The van der Waals surface area contributed by atoms with Gasteiger partial charge in [-0.15, -0.1) is 0 Å². The van der Waals surface area contributed by atoms with Crippen LogP contribution in [-0.2, 0) is 26.6 Å². The molecule has 0 spiro atoms. The van der Waals surface area contributed by atoms with E-state index in [4.69, 9.17) is 9.47 Å². The van der Waals surface area contributed by atoms with Crippen molar-refractivity contribution in [2.75, 3.05) is 6.61 Å². The predicted octanol–water partition coefficient (Wildman–Crippen LogP) is 7.61. The van der Waals surface area contributed by atoms with Gasteiger partial charge in [-0.05, 0) is 23.6 Å². The van der Waals surface area contributed by atoms with E-state index in [-0.39, 0.29) is 18.1 Å². The molecule has 2 atom stereocenters. The van der Waals surface area contributed by atoms with E-state index in [9.17, 15) is 35.9 Å². The number of Topliss-reactive ketones (excluding diaryl/α,β-unsaturated/α-hetero) is 1. The number of carbonyl (C=O) groups excluding carboxylic acids is 2. The highest BCUT2D eigenvalue weighted by Crippen LogP contribution is 2.45. The number of esters is 1. The van der Waals surface area contributed by atoms with Crippen LogP contribution in [0.5, 0.6) is 0 Å². The molecular formula is C28H24F6O4. The van der Waals surface area contributed by atoms with Crippen LogP contribution in [0.1, 0.15) is 58.7 Å². The van der Waals surface area contributed by atoms with Gasteiger partial charge in [-0.1, -0.05) is 80.6 Å². The molecule has 0 amide bonds. The standard InChI is InChI=1S/C28H24F6O4/c1-17(2)16-37-24(19-12-6-8-14-21(19)27(29,30)31)25(20-13-7-9-15-22(20)28(32,33)34)38-26(36)23(35)18-10-4-3-5-11-18/h3-15,17,24-25H,16H2,1-2H3/t24-,25+/m0/s1. The monoisotopic (exact) mass is 538 g/mol. The predicted molar refractivity (Wildman–Crippen MR) is 126 cm³/mol. The fraction of sp³-hybridized carbons (Fsp3) is 0.286. The highest BCUT2D eigenvalue weighted by molar-refractivity contribution is 6.40. The van der Waals surface area contributed by atoms with Crippen LogP contribution in [0.4, 0.5) is 26.3 Å². The third-order valence-electron chi connectivity index (χ3n) is 5.48. The Morgan fingerprint density at radius 2 is 1.13 bits per heavy atom. The molecule has 202 valence electrons. The molecular weight excluding hydrogens is 514 g/mol. The van der Waals surface area contributed by atoms with Gasteiger partial charge in [0.2, 0.25) is 0 Å². The fourth-order valence-corrected chi connectivity index (χ4v) is 3.81. The summed E-state index contributed by atoms with van der Waals surface area (Å²) in [5.74, 6) is -2.96.